The lowest BCUT2D eigenvalue weighted by molar-refractivity contribution is -0.144. The normalized spacial score (nSPS) is 21.4. The van der Waals surface area contributed by atoms with E-state index in [2.05, 4.69) is 5.43 Å². The molecule has 6 heteroatoms. The van der Waals surface area contributed by atoms with E-state index in [0.717, 1.165) is 30.7 Å². The Hall–Kier alpha value is -1.69. The van der Waals surface area contributed by atoms with Crippen LogP contribution in [0.5, 0.6) is 0 Å². The highest BCUT2D eigenvalue weighted by Crippen LogP contribution is 2.46. The molecule has 2 heterocycles. The topological polar surface area (TPSA) is 66.5 Å². The molecule has 0 bridgehead atoms. The minimum absolute atomic E-state index is 0.233. The largest absolute Gasteiger partial charge is 0.280 e. The molecule has 1 saturated carbocycles. The quantitative estimate of drug-likeness (QED) is 0.837. The maximum absolute atomic E-state index is 12.3. The lowest BCUT2D eigenvalue weighted by Crippen LogP contribution is -2.47. The summed E-state index contributed by atoms with van der Waals surface area (Å²) in [7, 11) is 0. The van der Waals surface area contributed by atoms with Crippen LogP contribution in [0.1, 0.15) is 41.8 Å². The summed E-state index contributed by atoms with van der Waals surface area (Å²) in [4.78, 5) is 36.7. The van der Waals surface area contributed by atoms with Crippen molar-refractivity contribution in [3.63, 3.8) is 0 Å². The van der Waals surface area contributed by atoms with Gasteiger partial charge < -0.3 is 0 Å². The number of hydrazine groups is 1. The van der Waals surface area contributed by atoms with Crippen LogP contribution in [0.4, 0.5) is 0 Å². The molecule has 0 atom stereocenters. The molecule has 2 aliphatic rings. The summed E-state index contributed by atoms with van der Waals surface area (Å²) in [6, 6.07) is 3.42. The van der Waals surface area contributed by atoms with E-state index in [-0.39, 0.29) is 18.2 Å². The minimum Gasteiger partial charge on any atom is -0.272 e. The van der Waals surface area contributed by atoms with Crippen LogP contribution in [-0.4, -0.2) is 22.7 Å². The minimum atomic E-state index is -0.542. The molecule has 1 aromatic heterocycles. The summed E-state index contributed by atoms with van der Waals surface area (Å²) >= 11 is 1.28. The number of nitrogens with zero attached hydrogens (tertiary/aromatic N) is 1. The van der Waals surface area contributed by atoms with Crippen LogP contribution in [0.15, 0.2) is 17.5 Å². The Labute approximate surface area is 114 Å². The fraction of sp³-hybridized carbons (Fsp3) is 0.462. The molecule has 1 aromatic rings. The standard InChI is InChI=1S/C13H14N2O3S/c16-10-8-13(5-1-2-6-13)12(18)15(10)14-11(17)9-4-3-7-19-9/h3-4,7H,1-2,5-6,8H2,(H,14,17). The maximum Gasteiger partial charge on any atom is 0.280 e. The molecule has 5 nitrogen and oxygen atoms in total. The number of carbonyl (C=O) groups is 3. The van der Waals surface area contributed by atoms with Crippen molar-refractivity contribution in [1.29, 1.82) is 0 Å². The van der Waals surface area contributed by atoms with Crippen molar-refractivity contribution in [2.75, 3.05) is 0 Å². The van der Waals surface area contributed by atoms with Gasteiger partial charge in [0.05, 0.1) is 10.3 Å². The van der Waals surface area contributed by atoms with Crippen LogP contribution in [0.25, 0.3) is 0 Å². The van der Waals surface area contributed by atoms with E-state index in [1.807, 2.05) is 0 Å². The maximum atomic E-state index is 12.3. The zero-order chi connectivity index (χ0) is 13.5. The molecule has 3 rings (SSSR count). The molecule has 1 saturated heterocycles. The predicted molar refractivity (Wildman–Crippen MR) is 69.2 cm³/mol. The van der Waals surface area contributed by atoms with Gasteiger partial charge in [-0.25, -0.2) is 0 Å². The number of nitrogens with one attached hydrogen (secondary N) is 1. The number of carbonyl (C=O) groups excluding carboxylic acids is 3. The van der Waals surface area contributed by atoms with Gasteiger partial charge in [0.2, 0.25) is 5.91 Å². The monoisotopic (exact) mass is 278 g/mol. The number of hydrogen-bond acceptors (Lipinski definition) is 4. The average Bonchev–Trinajstić information content (AvgIpc) is 3.08. The fourth-order valence-corrected chi connectivity index (χ4v) is 3.53. The van der Waals surface area contributed by atoms with Gasteiger partial charge in [0.25, 0.3) is 11.8 Å². The SMILES string of the molecule is O=C(NN1C(=O)CC2(CCCC2)C1=O)c1cccs1. The van der Waals surface area contributed by atoms with Gasteiger partial charge in [-0.2, -0.15) is 5.01 Å². The third kappa shape index (κ3) is 1.96. The van der Waals surface area contributed by atoms with Gasteiger partial charge >= 0.3 is 0 Å². The van der Waals surface area contributed by atoms with Crippen molar-refractivity contribution in [3.05, 3.63) is 22.4 Å². The average molecular weight is 278 g/mol. The second-order valence-electron chi connectivity index (χ2n) is 5.12. The predicted octanol–water partition coefficient (Wildman–Crippen LogP) is 1.71. The van der Waals surface area contributed by atoms with E-state index in [4.69, 9.17) is 0 Å². The zero-order valence-corrected chi connectivity index (χ0v) is 11.2. The van der Waals surface area contributed by atoms with Crippen molar-refractivity contribution in [1.82, 2.24) is 10.4 Å². The highest BCUT2D eigenvalue weighted by molar-refractivity contribution is 7.12. The first kappa shape index (κ1) is 12.3. The van der Waals surface area contributed by atoms with E-state index >= 15 is 0 Å². The summed E-state index contributed by atoms with van der Waals surface area (Å²) < 4.78 is 0. The number of imide groups is 1. The molecule has 2 fully saturated rings. The smallest absolute Gasteiger partial charge is 0.272 e. The van der Waals surface area contributed by atoms with Gasteiger partial charge in [-0.1, -0.05) is 18.9 Å². The van der Waals surface area contributed by atoms with Crippen molar-refractivity contribution in [2.24, 2.45) is 5.41 Å². The molecule has 19 heavy (non-hydrogen) atoms. The number of thiophene rings is 1. The molecule has 100 valence electrons. The highest BCUT2D eigenvalue weighted by atomic mass is 32.1. The van der Waals surface area contributed by atoms with Crippen LogP contribution in [0.3, 0.4) is 0 Å². The van der Waals surface area contributed by atoms with Crippen molar-refractivity contribution >= 4 is 29.1 Å². The first-order chi connectivity index (χ1) is 9.12. The summed E-state index contributed by atoms with van der Waals surface area (Å²) in [5.41, 5.74) is 1.90. The van der Waals surface area contributed by atoms with Crippen LogP contribution < -0.4 is 5.43 Å². The Morgan fingerprint density at radius 3 is 2.68 bits per heavy atom. The molecular formula is C13H14N2O3S. The highest BCUT2D eigenvalue weighted by Gasteiger charge is 2.53. The first-order valence-electron chi connectivity index (χ1n) is 6.34. The van der Waals surface area contributed by atoms with E-state index in [9.17, 15) is 14.4 Å². The van der Waals surface area contributed by atoms with Gasteiger partial charge in [-0.05, 0) is 24.3 Å². The van der Waals surface area contributed by atoms with E-state index in [1.165, 1.54) is 11.3 Å². The summed E-state index contributed by atoms with van der Waals surface area (Å²) in [5, 5.41) is 2.70. The molecule has 1 N–H and O–H groups in total. The summed E-state index contributed by atoms with van der Waals surface area (Å²) in [5.74, 6) is -0.927. The summed E-state index contributed by atoms with van der Waals surface area (Å²) in [6.45, 7) is 0. The van der Waals surface area contributed by atoms with E-state index in [1.54, 1.807) is 17.5 Å². The van der Waals surface area contributed by atoms with Gasteiger partial charge in [0.1, 0.15) is 0 Å². The number of amides is 3. The Balaban J connectivity index is 1.76. The molecule has 0 unspecified atom stereocenters. The number of rotatable bonds is 2. The zero-order valence-electron chi connectivity index (χ0n) is 10.3. The Kier molecular flexibility index (Phi) is 2.89. The molecule has 1 aliphatic heterocycles. The van der Waals surface area contributed by atoms with Crippen LogP contribution >= 0.6 is 11.3 Å². The second kappa shape index (κ2) is 4.45. The molecule has 0 aromatic carbocycles. The molecule has 1 spiro atoms. The third-order valence-corrected chi connectivity index (χ3v) is 4.78. The second-order valence-corrected chi connectivity index (χ2v) is 6.06. The Bertz CT molecular complexity index is 532. The van der Waals surface area contributed by atoms with Gasteiger partial charge in [-0.15, -0.1) is 11.3 Å². The Morgan fingerprint density at radius 1 is 1.32 bits per heavy atom. The van der Waals surface area contributed by atoms with Gasteiger partial charge in [0.15, 0.2) is 0 Å². The summed E-state index contributed by atoms with van der Waals surface area (Å²) in [6.07, 6.45) is 3.69. The molecular weight excluding hydrogens is 264 g/mol. The van der Waals surface area contributed by atoms with E-state index < -0.39 is 11.3 Å². The third-order valence-electron chi connectivity index (χ3n) is 3.91. The lowest BCUT2D eigenvalue weighted by Gasteiger charge is -2.20. The van der Waals surface area contributed by atoms with Crippen LogP contribution in [0, 0.1) is 5.41 Å². The first-order valence-corrected chi connectivity index (χ1v) is 7.22. The molecule has 0 radical (unpaired) electrons. The number of hydrogen-bond donors (Lipinski definition) is 1. The van der Waals surface area contributed by atoms with Gasteiger partial charge in [0, 0.05) is 6.42 Å². The molecule has 3 amide bonds. The van der Waals surface area contributed by atoms with E-state index in [0.29, 0.717) is 4.88 Å². The van der Waals surface area contributed by atoms with Crippen molar-refractivity contribution in [3.8, 4) is 0 Å². The molecule has 1 aliphatic carbocycles. The fourth-order valence-electron chi connectivity index (χ4n) is 2.91. The Morgan fingerprint density at radius 2 is 2.05 bits per heavy atom. The van der Waals surface area contributed by atoms with Crippen molar-refractivity contribution in [2.45, 2.75) is 32.1 Å². The van der Waals surface area contributed by atoms with Crippen LogP contribution in [0.2, 0.25) is 0 Å². The van der Waals surface area contributed by atoms with Crippen molar-refractivity contribution < 1.29 is 14.4 Å². The lowest BCUT2D eigenvalue weighted by atomic mass is 9.85. The van der Waals surface area contributed by atoms with Crippen LogP contribution in [-0.2, 0) is 9.59 Å². The van der Waals surface area contributed by atoms with Gasteiger partial charge in [-0.3, -0.25) is 19.8 Å².